The van der Waals surface area contributed by atoms with E-state index < -0.39 is 0 Å². The van der Waals surface area contributed by atoms with Crippen molar-refractivity contribution in [1.82, 2.24) is 15.6 Å². The van der Waals surface area contributed by atoms with Gasteiger partial charge in [0.1, 0.15) is 11.4 Å². The predicted molar refractivity (Wildman–Crippen MR) is 123 cm³/mol. The number of halogens is 1. The molecule has 0 bridgehead atoms. The fourth-order valence-electron chi connectivity index (χ4n) is 3.53. The number of rotatable bonds is 9. The number of hydrogen-bond acceptors (Lipinski definition) is 4. The number of nitrogens with zero attached hydrogens (tertiary/aromatic N) is 1. The Bertz CT molecular complexity index is 1110. The molecule has 1 saturated carbocycles. The Hall–Kier alpha value is -3.25. The van der Waals surface area contributed by atoms with E-state index in [0.29, 0.717) is 41.6 Å². The van der Waals surface area contributed by atoms with E-state index in [9.17, 15) is 9.18 Å². The van der Waals surface area contributed by atoms with Crippen molar-refractivity contribution in [3.63, 3.8) is 0 Å². The third-order valence-electron chi connectivity index (χ3n) is 5.63. The quantitative estimate of drug-likeness (QED) is 0.516. The van der Waals surface area contributed by atoms with Gasteiger partial charge < -0.3 is 15.4 Å². The Morgan fingerprint density at radius 2 is 1.97 bits per heavy atom. The van der Waals surface area contributed by atoms with E-state index in [1.807, 2.05) is 37.4 Å². The molecule has 5 nitrogen and oxygen atoms in total. The normalized spacial score (nSPS) is 13.1. The van der Waals surface area contributed by atoms with Gasteiger partial charge in [0.05, 0.1) is 6.61 Å². The number of pyridine rings is 1. The van der Waals surface area contributed by atoms with E-state index in [-0.39, 0.29) is 18.3 Å². The van der Waals surface area contributed by atoms with Crippen LogP contribution in [0.4, 0.5) is 4.39 Å². The molecule has 0 atom stereocenters. The first kappa shape index (κ1) is 22.0. The Morgan fingerprint density at radius 1 is 1.16 bits per heavy atom. The standard InChI is InChI=1S/C26H28FN3O2/c1-17-7-8-19(11-24(17)27)13-29-25(31)23-12-21(15-30-26(23)32-16-18-9-10-18)22-6-4-3-5-20(22)14-28-2/h3-8,11-12,15,18,28H,9-10,13-14,16H2,1-2H3,(H,29,31). The van der Waals surface area contributed by atoms with E-state index >= 15 is 0 Å². The number of amides is 1. The SMILES string of the molecule is CNCc1ccccc1-c1cnc(OCC2CC2)c(C(=O)NCc2ccc(C)c(F)c2)c1. The van der Waals surface area contributed by atoms with Crippen molar-refractivity contribution < 1.29 is 13.9 Å². The maximum atomic E-state index is 13.9. The van der Waals surface area contributed by atoms with Gasteiger partial charge in [0.25, 0.3) is 5.91 Å². The number of aryl methyl sites for hydroxylation is 1. The van der Waals surface area contributed by atoms with E-state index in [1.165, 1.54) is 6.07 Å². The number of benzene rings is 2. The van der Waals surface area contributed by atoms with Crippen LogP contribution >= 0.6 is 0 Å². The summed E-state index contributed by atoms with van der Waals surface area (Å²) in [5.41, 5.74) is 4.64. The summed E-state index contributed by atoms with van der Waals surface area (Å²) in [6.45, 7) is 3.20. The van der Waals surface area contributed by atoms with Crippen molar-refractivity contribution in [2.75, 3.05) is 13.7 Å². The van der Waals surface area contributed by atoms with Crippen LogP contribution in [0, 0.1) is 18.7 Å². The highest BCUT2D eigenvalue weighted by molar-refractivity contribution is 5.97. The molecule has 3 aromatic rings. The lowest BCUT2D eigenvalue weighted by atomic mass is 9.99. The van der Waals surface area contributed by atoms with Crippen molar-refractivity contribution in [3.05, 3.63) is 82.8 Å². The van der Waals surface area contributed by atoms with Gasteiger partial charge >= 0.3 is 0 Å². The Morgan fingerprint density at radius 3 is 2.72 bits per heavy atom. The second kappa shape index (κ2) is 9.92. The van der Waals surface area contributed by atoms with Crippen LogP contribution in [-0.4, -0.2) is 24.5 Å². The van der Waals surface area contributed by atoms with E-state index in [2.05, 4.69) is 21.7 Å². The molecule has 1 heterocycles. The van der Waals surface area contributed by atoms with Crippen LogP contribution in [0.5, 0.6) is 5.88 Å². The van der Waals surface area contributed by atoms with Crippen molar-refractivity contribution in [1.29, 1.82) is 0 Å². The molecule has 0 unspecified atom stereocenters. The Labute approximate surface area is 188 Å². The summed E-state index contributed by atoms with van der Waals surface area (Å²) in [5.74, 6) is 0.297. The molecule has 1 amide bonds. The van der Waals surface area contributed by atoms with E-state index in [0.717, 1.165) is 29.5 Å². The minimum atomic E-state index is -0.294. The fourth-order valence-corrected chi connectivity index (χ4v) is 3.53. The first-order valence-corrected chi connectivity index (χ1v) is 10.9. The lowest BCUT2D eigenvalue weighted by Gasteiger charge is -2.14. The molecular weight excluding hydrogens is 405 g/mol. The minimum Gasteiger partial charge on any atom is -0.477 e. The van der Waals surface area contributed by atoms with Crippen LogP contribution in [0.25, 0.3) is 11.1 Å². The molecule has 0 aliphatic heterocycles. The first-order chi connectivity index (χ1) is 15.5. The van der Waals surface area contributed by atoms with Gasteiger partial charge in [0.15, 0.2) is 0 Å². The molecule has 2 N–H and O–H groups in total. The van der Waals surface area contributed by atoms with Gasteiger partial charge in [-0.1, -0.05) is 36.4 Å². The summed E-state index contributed by atoms with van der Waals surface area (Å²) in [4.78, 5) is 17.6. The zero-order chi connectivity index (χ0) is 22.5. The zero-order valence-electron chi connectivity index (χ0n) is 18.5. The van der Waals surface area contributed by atoms with Crippen LogP contribution in [0.1, 0.15) is 39.9 Å². The van der Waals surface area contributed by atoms with Gasteiger partial charge in [-0.25, -0.2) is 9.37 Å². The van der Waals surface area contributed by atoms with Gasteiger partial charge in [-0.05, 0) is 67.1 Å². The van der Waals surface area contributed by atoms with Gasteiger partial charge in [-0.2, -0.15) is 0 Å². The molecule has 32 heavy (non-hydrogen) atoms. The summed E-state index contributed by atoms with van der Waals surface area (Å²) in [6.07, 6.45) is 4.05. The smallest absolute Gasteiger partial charge is 0.257 e. The van der Waals surface area contributed by atoms with Crippen LogP contribution in [-0.2, 0) is 13.1 Å². The van der Waals surface area contributed by atoms with Crippen molar-refractivity contribution in [2.45, 2.75) is 32.9 Å². The predicted octanol–water partition coefficient (Wildman–Crippen LogP) is 4.63. The second-order valence-corrected chi connectivity index (χ2v) is 8.28. The molecule has 166 valence electrons. The lowest BCUT2D eigenvalue weighted by molar-refractivity contribution is 0.0945. The molecular formula is C26H28FN3O2. The van der Waals surface area contributed by atoms with Gasteiger partial charge in [-0.15, -0.1) is 0 Å². The van der Waals surface area contributed by atoms with Crippen LogP contribution < -0.4 is 15.4 Å². The van der Waals surface area contributed by atoms with Crippen molar-refractivity contribution in [3.8, 4) is 17.0 Å². The Balaban J connectivity index is 1.60. The maximum absolute atomic E-state index is 13.9. The molecule has 6 heteroatoms. The molecule has 1 aromatic heterocycles. The summed E-state index contributed by atoms with van der Waals surface area (Å²) < 4.78 is 19.8. The average Bonchev–Trinajstić information content (AvgIpc) is 3.63. The Kier molecular flexibility index (Phi) is 6.81. The fraction of sp³-hybridized carbons (Fsp3) is 0.308. The minimum absolute atomic E-state index is 0.221. The highest BCUT2D eigenvalue weighted by Crippen LogP contribution is 2.31. The highest BCUT2D eigenvalue weighted by Gasteiger charge is 2.24. The van der Waals surface area contributed by atoms with E-state index in [4.69, 9.17) is 4.74 Å². The molecule has 0 saturated heterocycles. The molecule has 1 aliphatic rings. The second-order valence-electron chi connectivity index (χ2n) is 8.28. The number of hydrogen-bond donors (Lipinski definition) is 2. The number of nitrogens with one attached hydrogen (secondary N) is 2. The third-order valence-corrected chi connectivity index (χ3v) is 5.63. The van der Waals surface area contributed by atoms with Gasteiger partial charge in [0, 0.05) is 24.8 Å². The van der Waals surface area contributed by atoms with E-state index in [1.54, 1.807) is 19.2 Å². The van der Waals surface area contributed by atoms with Gasteiger partial charge in [0.2, 0.25) is 5.88 Å². The number of carbonyl (C=O) groups is 1. The monoisotopic (exact) mass is 433 g/mol. The molecule has 0 spiro atoms. The summed E-state index contributed by atoms with van der Waals surface area (Å²) >= 11 is 0. The maximum Gasteiger partial charge on any atom is 0.257 e. The molecule has 1 aliphatic carbocycles. The first-order valence-electron chi connectivity index (χ1n) is 10.9. The van der Waals surface area contributed by atoms with Crippen LogP contribution in [0.3, 0.4) is 0 Å². The zero-order valence-corrected chi connectivity index (χ0v) is 18.5. The molecule has 4 rings (SSSR count). The largest absolute Gasteiger partial charge is 0.477 e. The highest BCUT2D eigenvalue weighted by atomic mass is 19.1. The summed E-state index contributed by atoms with van der Waals surface area (Å²) in [6, 6.07) is 14.8. The third kappa shape index (κ3) is 5.32. The number of carbonyl (C=O) groups excluding carboxylic acids is 1. The summed E-state index contributed by atoms with van der Waals surface area (Å²) in [5, 5.41) is 6.06. The molecule has 1 fully saturated rings. The van der Waals surface area contributed by atoms with Crippen molar-refractivity contribution >= 4 is 5.91 Å². The lowest BCUT2D eigenvalue weighted by Crippen LogP contribution is -2.24. The molecule has 2 aromatic carbocycles. The van der Waals surface area contributed by atoms with Crippen molar-refractivity contribution in [2.24, 2.45) is 5.92 Å². The number of aromatic nitrogens is 1. The summed E-state index contributed by atoms with van der Waals surface area (Å²) in [7, 11) is 1.90. The van der Waals surface area contributed by atoms with Crippen LogP contribution in [0.2, 0.25) is 0 Å². The molecule has 0 radical (unpaired) electrons. The van der Waals surface area contributed by atoms with Gasteiger partial charge in [-0.3, -0.25) is 4.79 Å². The topological polar surface area (TPSA) is 63.3 Å². The average molecular weight is 434 g/mol. The van der Waals surface area contributed by atoms with Crippen LogP contribution in [0.15, 0.2) is 54.7 Å². The number of ether oxygens (including phenoxy) is 1.